The van der Waals surface area contributed by atoms with Gasteiger partial charge in [-0.25, -0.2) is 4.98 Å². The lowest BCUT2D eigenvalue weighted by Crippen LogP contribution is -2.39. The third kappa shape index (κ3) is 6.15. The van der Waals surface area contributed by atoms with Crippen molar-refractivity contribution in [2.45, 2.75) is 50.0 Å². The minimum atomic E-state index is -4.57. The Morgan fingerprint density at radius 2 is 2.03 bits per heavy atom. The number of carbonyl (C=O) groups is 2. The molecular weight excluding hydrogens is 466 g/mol. The van der Waals surface area contributed by atoms with Crippen LogP contribution >= 0.6 is 12.2 Å². The molecule has 33 heavy (non-hydrogen) atoms. The van der Waals surface area contributed by atoms with Crippen molar-refractivity contribution in [1.82, 2.24) is 19.8 Å². The fraction of sp³-hybridized carbons (Fsp3) is 0.429. The molecule has 0 spiro atoms. The van der Waals surface area contributed by atoms with Crippen molar-refractivity contribution in [2.24, 2.45) is 0 Å². The van der Waals surface area contributed by atoms with Gasteiger partial charge in [0.25, 0.3) is 21.9 Å². The zero-order valence-electron chi connectivity index (χ0n) is 18.2. The Labute approximate surface area is 198 Å². The van der Waals surface area contributed by atoms with Gasteiger partial charge in [-0.1, -0.05) is 44.7 Å². The molecule has 2 aromatic rings. The van der Waals surface area contributed by atoms with Crippen molar-refractivity contribution in [3.05, 3.63) is 42.4 Å². The van der Waals surface area contributed by atoms with Crippen molar-refractivity contribution < 1.29 is 22.6 Å². The molecule has 1 unspecified atom stereocenters. The van der Waals surface area contributed by atoms with E-state index in [0.29, 0.717) is 24.6 Å². The molecule has 1 saturated heterocycles. The Balaban J connectivity index is 1.79. The molecule has 0 aliphatic carbocycles. The molecule has 2 heterocycles. The number of anilines is 1. The number of unbranched alkanes of at least 4 members (excludes halogenated alkanes) is 3. The van der Waals surface area contributed by atoms with Crippen molar-refractivity contribution in [3.63, 3.8) is 0 Å². The van der Waals surface area contributed by atoms with Crippen molar-refractivity contribution in [1.29, 1.82) is 0 Å². The summed E-state index contributed by atoms with van der Waals surface area (Å²) >= 11 is 5.24. The summed E-state index contributed by atoms with van der Waals surface area (Å²) in [6.07, 6.45) is 7.57. The molecule has 1 aliphatic heterocycles. The van der Waals surface area contributed by atoms with Gasteiger partial charge in [0.1, 0.15) is 10.9 Å². The topological polar surface area (TPSA) is 134 Å². The molecule has 0 radical (unpaired) electrons. The average molecular weight is 494 g/mol. The minimum absolute atomic E-state index is 0.145. The molecule has 3 N–H and O–H groups in total. The number of amides is 2. The number of nitrogens with zero attached hydrogens (tertiary/aromatic N) is 3. The van der Waals surface area contributed by atoms with Gasteiger partial charge in [0.2, 0.25) is 0 Å². The normalized spacial score (nSPS) is 14.7. The molecule has 0 saturated carbocycles. The van der Waals surface area contributed by atoms with Crippen LogP contribution in [0.15, 0.2) is 41.7 Å². The third-order valence-electron chi connectivity index (χ3n) is 5.35. The summed E-state index contributed by atoms with van der Waals surface area (Å²) in [6.45, 7) is 3.21. The van der Waals surface area contributed by atoms with Crippen LogP contribution in [0.2, 0.25) is 0 Å². The van der Waals surface area contributed by atoms with Gasteiger partial charge in [-0.2, -0.15) is 8.42 Å². The number of aromatic nitrogens is 2. The lowest BCUT2D eigenvalue weighted by atomic mass is 10.1. The van der Waals surface area contributed by atoms with E-state index >= 15 is 0 Å². The fourth-order valence-electron chi connectivity index (χ4n) is 3.66. The third-order valence-corrected chi connectivity index (χ3v) is 6.63. The predicted octanol–water partition coefficient (Wildman–Crippen LogP) is 2.61. The number of hydrogen-bond donors (Lipinski definition) is 3. The smallest absolute Gasteiger partial charge is 0.295 e. The summed E-state index contributed by atoms with van der Waals surface area (Å²) in [7, 11) is -4.57. The highest BCUT2D eigenvalue weighted by Gasteiger charge is 2.31. The Morgan fingerprint density at radius 3 is 2.70 bits per heavy atom. The predicted molar refractivity (Wildman–Crippen MR) is 127 cm³/mol. The SMILES string of the molecule is CCCCCCC(C(=O)N1CCNC1=S)n1cnc(NC(=O)c2ccccc2S(=O)(=O)O)c1. The van der Waals surface area contributed by atoms with Crippen LogP contribution in [0.25, 0.3) is 0 Å². The molecule has 3 rings (SSSR count). The van der Waals surface area contributed by atoms with E-state index in [1.54, 1.807) is 9.47 Å². The average Bonchev–Trinajstić information content (AvgIpc) is 3.41. The van der Waals surface area contributed by atoms with E-state index < -0.39 is 27.0 Å². The van der Waals surface area contributed by atoms with E-state index in [1.807, 2.05) is 0 Å². The summed E-state index contributed by atoms with van der Waals surface area (Å²) in [5.74, 6) is -0.740. The summed E-state index contributed by atoms with van der Waals surface area (Å²) in [6, 6.07) is 4.78. The highest BCUT2D eigenvalue weighted by Crippen LogP contribution is 2.23. The molecule has 12 heteroatoms. The van der Waals surface area contributed by atoms with Crippen molar-refractivity contribution in [3.8, 4) is 0 Å². The number of nitrogens with one attached hydrogen (secondary N) is 2. The molecule has 0 bridgehead atoms. The summed E-state index contributed by atoms with van der Waals surface area (Å²) in [5.41, 5.74) is -0.213. The Hall–Kier alpha value is -2.83. The maximum absolute atomic E-state index is 13.2. The second kappa shape index (κ2) is 10.9. The van der Waals surface area contributed by atoms with Crippen molar-refractivity contribution in [2.75, 3.05) is 18.4 Å². The molecule has 2 amide bonds. The van der Waals surface area contributed by atoms with Crippen LogP contribution in [0, 0.1) is 0 Å². The second-order valence-electron chi connectivity index (χ2n) is 7.72. The van der Waals surface area contributed by atoms with Gasteiger partial charge in [-0.3, -0.25) is 19.0 Å². The molecule has 1 atom stereocenters. The monoisotopic (exact) mass is 493 g/mol. The summed E-state index contributed by atoms with van der Waals surface area (Å²) in [4.78, 5) is 31.1. The Morgan fingerprint density at radius 1 is 1.27 bits per heavy atom. The summed E-state index contributed by atoms with van der Waals surface area (Å²) < 4.78 is 34.2. The lowest BCUT2D eigenvalue weighted by Gasteiger charge is -2.23. The maximum atomic E-state index is 13.2. The Kier molecular flexibility index (Phi) is 8.16. The first-order valence-corrected chi connectivity index (χ1v) is 12.6. The number of carbonyl (C=O) groups excluding carboxylic acids is 2. The van der Waals surface area contributed by atoms with Crippen LogP contribution in [0.5, 0.6) is 0 Å². The molecule has 1 aromatic carbocycles. The highest BCUT2D eigenvalue weighted by atomic mass is 32.2. The van der Waals surface area contributed by atoms with Crippen LogP contribution in [0.4, 0.5) is 5.82 Å². The van der Waals surface area contributed by atoms with Gasteiger partial charge in [-0.05, 0) is 30.8 Å². The highest BCUT2D eigenvalue weighted by molar-refractivity contribution is 7.86. The molecule has 1 fully saturated rings. The number of benzene rings is 1. The van der Waals surface area contributed by atoms with Crippen LogP contribution < -0.4 is 10.6 Å². The first-order valence-electron chi connectivity index (χ1n) is 10.7. The maximum Gasteiger partial charge on any atom is 0.295 e. The zero-order chi connectivity index (χ0) is 24.0. The van der Waals surface area contributed by atoms with Crippen LogP contribution in [-0.2, 0) is 14.9 Å². The number of thiocarbonyl (C=S) groups is 1. The van der Waals surface area contributed by atoms with Crippen LogP contribution in [0.3, 0.4) is 0 Å². The van der Waals surface area contributed by atoms with E-state index in [9.17, 15) is 22.6 Å². The quantitative estimate of drug-likeness (QED) is 0.261. The molecule has 1 aliphatic rings. The van der Waals surface area contributed by atoms with Gasteiger partial charge in [0.05, 0.1) is 11.9 Å². The van der Waals surface area contributed by atoms with E-state index in [-0.39, 0.29) is 17.3 Å². The largest absolute Gasteiger partial charge is 0.360 e. The molecule has 178 valence electrons. The summed E-state index contributed by atoms with van der Waals surface area (Å²) in [5, 5.41) is 5.91. The number of imidazole rings is 1. The van der Waals surface area contributed by atoms with Crippen LogP contribution in [0.1, 0.15) is 55.4 Å². The second-order valence-corrected chi connectivity index (χ2v) is 9.50. The van der Waals surface area contributed by atoms with E-state index in [2.05, 4.69) is 22.5 Å². The standard InChI is InChI=1S/C21H27N5O5S2/c1-2-3-4-5-9-16(20(28)26-12-11-22-21(26)32)25-13-18(23-14-25)24-19(27)15-8-6-7-10-17(15)33(29,30)31/h6-8,10,13-14,16H,2-5,9,11-12H2,1H3,(H,22,32)(H,24,27)(H,29,30,31). The Bertz CT molecular complexity index is 1130. The van der Waals surface area contributed by atoms with Crippen molar-refractivity contribution >= 4 is 45.1 Å². The van der Waals surface area contributed by atoms with E-state index in [1.165, 1.54) is 30.7 Å². The van der Waals surface area contributed by atoms with E-state index in [0.717, 1.165) is 31.7 Å². The van der Waals surface area contributed by atoms with Gasteiger partial charge < -0.3 is 15.2 Å². The first kappa shape index (κ1) is 24.8. The van der Waals surface area contributed by atoms with Gasteiger partial charge in [0.15, 0.2) is 10.9 Å². The van der Waals surface area contributed by atoms with E-state index in [4.69, 9.17) is 12.2 Å². The zero-order valence-corrected chi connectivity index (χ0v) is 19.9. The van der Waals surface area contributed by atoms with Gasteiger partial charge >= 0.3 is 0 Å². The van der Waals surface area contributed by atoms with Crippen LogP contribution in [-0.4, -0.2) is 57.4 Å². The van der Waals surface area contributed by atoms with Gasteiger partial charge in [0, 0.05) is 19.3 Å². The minimum Gasteiger partial charge on any atom is -0.360 e. The number of hydrogen-bond acceptors (Lipinski definition) is 6. The number of rotatable bonds is 10. The molecular formula is C21H27N5O5S2. The fourth-order valence-corrected chi connectivity index (χ4v) is 4.63. The molecule has 10 nitrogen and oxygen atoms in total. The van der Waals surface area contributed by atoms with Gasteiger partial charge in [-0.15, -0.1) is 0 Å². The first-order chi connectivity index (χ1) is 15.7. The lowest BCUT2D eigenvalue weighted by molar-refractivity contribution is -0.130. The molecule has 1 aromatic heterocycles.